The predicted octanol–water partition coefficient (Wildman–Crippen LogP) is 3.32. The average Bonchev–Trinajstić information content (AvgIpc) is 3.56. The minimum Gasteiger partial charge on any atom is -0.467 e. The molecule has 9 nitrogen and oxygen atoms in total. The standard InChI is InChI=1S/C20H21N5O4S/c26-19(13-30-20-22-21-18(29-20)12-24-7-1-2-8-24)25-15(17-6-4-10-28-17)11-14(23-25)16-5-3-9-27-16/h3-6,9-10,15H,1-2,7-8,11-13H2. The van der Waals surface area contributed by atoms with E-state index < -0.39 is 0 Å². The molecule has 5 rings (SSSR count). The van der Waals surface area contributed by atoms with Crippen LogP contribution < -0.4 is 0 Å². The zero-order chi connectivity index (χ0) is 20.3. The number of hydrogen-bond acceptors (Lipinski definition) is 9. The molecule has 1 atom stereocenters. The monoisotopic (exact) mass is 427 g/mol. The number of carbonyl (C=O) groups excluding carboxylic acids is 1. The van der Waals surface area contributed by atoms with Crippen molar-refractivity contribution in [3.63, 3.8) is 0 Å². The number of hydrazone groups is 1. The lowest BCUT2D eigenvalue weighted by atomic mass is 10.1. The molecule has 3 aromatic rings. The summed E-state index contributed by atoms with van der Waals surface area (Å²) in [5, 5.41) is 14.5. The molecule has 5 heterocycles. The molecule has 0 radical (unpaired) electrons. The van der Waals surface area contributed by atoms with E-state index >= 15 is 0 Å². The Hall–Kier alpha value is -2.85. The van der Waals surface area contributed by atoms with Crippen LogP contribution in [0, 0.1) is 0 Å². The first-order valence-electron chi connectivity index (χ1n) is 9.90. The van der Waals surface area contributed by atoms with E-state index in [0.717, 1.165) is 13.1 Å². The Bertz CT molecular complexity index is 1010. The van der Waals surface area contributed by atoms with Crippen molar-refractivity contribution in [2.24, 2.45) is 5.10 Å². The summed E-state index contributed by atoms with van der Waals surface area (Å²) in [6.07, 6.45) is 6.13. The number of carbonyl (C=O) groups is 1. The molecule has 156 valence electrons. The third-order valence-electron chi connectivity index (χ3n) is 5.17. The fraction of sp³-hybridized carbons (Fsp3) is 0.400. The summed E-state index contributed by atoms with van der Waals surface area (Å²) in [6.45, 7) is 2.77. The number of likely N-dealkylation sites (tertiary alicyclic amines) is 1. The lowest BCUT2D eigenvalue weighted by Gasteiger charge is -2.19. The highest BCUT2D eigenvalue weighted by atomic mass is 32.2. The Morgan fingerprint density at radius 3 is 2.73 bits per heavy atom. The zero-order valence-electron chi connectivity index (χ0n) is 16.3. The van der Waals surface area contributed by atoms with Crippen LogP contribution >= 0.6 is 11.8 Å². The van der Waals surface area contributed by atoms with Gasteiger partial charge in [-0.2, -0.15) is 5.10 Å². The molecule has 1 saturated heterocycles. The Morgan fingerprint density at radius 2 is 1.97 bits per heavy atom. The van der Waals surface area contributed by atoms with Gasteiger partial charge < -0.3 is 13.3 Å². The van der Waals surface area contributed by atoms with Gasteiger partial charge in [0, 0.05) is 6.42 Å². The molecule has 0 N–H and O–H groups in total. The van der Waals surface area contributed by atoms with Crippen molar-refractivity contribution in [3.05, 3.63) is 54.2 Å². The molecule has 1 amide bonds. The second kappa shape index (κ2) is 8.49. The Balaban J connectivity index is 1.25. The number of aromatic nitrogens is 2. The van der Waals surface area contributed by atoms with Crippen molar-refractivity contribution in [1.82, 2.24) is 20.1 Å². The molecular weight excluding hydrogens is 406 g/mol. The second-order valence-electron chi connectivity index (χ2n) is 7.23. The maximum absolute atomic E-state index is 13.0. The van der Waals surface area contributed by atoms with E-state index in [-0.39, 0.29) is 17.7 Å². The van der Waals surface area contributed by atoms with E-state index in [1.165, 1.54) is 29.6 Å². The van der Waals surface area contributed by atoms with Crippen LogP contribution in [0.5, 0.6) is 0 Å². The van der Waals surface area contributed by atoms with Crippen molar-refractivity contribution in [3.8, 4) is 0 Å². The van der Waals surface area contributed by atoms with E-state index in [0.29, 0.717) is 41.3 Å². The third kappa shape index (κ3) is 4.05. The zero-order valence-corrected chi connectivity index (χ0v) is 17.1. The fourth-order valence-electron chi connectivity index (χ4n) is 3.72. The molecule has 0 aliphatic carbocycles. The van der Waals surface area contributed by atoms with Crippen LogP contribution in [0.25, 0.3) is 0 Å². The van der Waals surface area contributed by atoms with Crippen molar-refractivity contribution >= 4 is 23.4 Å². The summed E-state index contributed by atoms with van der Waals surface area (Å²) in [7, 11) is 0. The molecule has 1 unspecified atom stereocenters. The van der Waals surface area contributed by atoms with Crippen molar-refractivity contribution in [2.45, 2.75) is 37.1 Å². The molecule has 10 heteroatoms. The van der Waals surface area contributed by atoms with Crippen molar-refractivity contribution < 1.29 is 18.0 Å². The molecule has 30 heavy (non-hydrogen) atoms. The largest absolute Gasteiger partial charge is 0.467 e. The van der Waals surface area contributed by atoms with Gasteiger partial charge in [-0.05, 0) is 50.2 Å². The van der Waals surface area contributed by atoms with Gasteiger partial charge in [-0.3, -0.25) is 9.69 Å². The summed E-state index contributed by atoms with van der Waals surface area (Å²) in [5.41, 5.74) is 0.713. The van der Waals surface area contributed by atoms with Gasteiger partial charge in [0.25, 0.3) is 11.1 Å². The van der Waals surface area contributed by atoms with Gasteiger partial charge in [-0.25, -0.2) is 5.01 Å². The number of furan rings is 2. The third-order valence-corrected chi connectivity index (χ3v) is 5.97. The molecule has 0 saturated carbocycles. The van der Waals surface area contributed by atoms with Gasteiger partial charge in [-0.15, -0.1) is 10.2 Å². The van der Waals surface area contributed by atoms with Gasteiger partial charge in [0.05, 0.1) is 24.8 Å². The van der Waals surface area contributed by atoms with Gasteiger partial charge in [0.15, 0.2) is 0 Å². The topological polar surface area (TPSA) is 101 Å². The van der Waals surface area contributed by atoms with Crippen LogP contribution in [0.15, 0.2) is 60.4 Å². The van der Waals surface area contributed by atoms with Gasteiger partial charge in [0.2, 0.25) is 5.89 Å². The van der Waals surface area contributed by atoms with Gasteiger partial charge >= 0.3 is 0 Å². The maximum Gasteiger partial charge on any atom is 0.277 e. The SMILES string of the molecule is O=C(CSc1nnc(CN2CCCC2)o1)N1N=C(c2ccco2)CC1c1ccco1. The molecule has 2 aliphatic heterocycles. The molecule has 0 aromatic carbocycles. The van der Waals surface area contributed by atoms with Gasteiger partial charge in [0.1, 0.15) is 23.3 Å². The van der Waals surface area contributed by atoms with Crippen molar-refractivity contribution in [1.29, 1.82) is 0 Å². The molecule has 2 aliphatic rings. The molecule has 0 spiro atoms. The van der Waals surface area contributed by atoms with Crippen LogP contribution in [-0.2, 0) is 11.3 Å². The summed E-state index contributed by atoms with van der Waals surface area (Å²) in [6, 6.07) is 6.98. The quantitative estimate of drug-likeness (QED) is 0.529. The van der Waals surface area contributed by atoms with Gasteiger partial charge in [-0.1, -0.05) is 11.8 Å². The summed E-state index contributed by atoms with van der Waals surface area (Å²) >= 11 is 1.22. The minimum atomic E-state index is -0.304. The molecular formula is C20H21N5O4S. The lowest BCUT2D eigenvalue weighted by molar-refractivity contribution is -0.130. The number of thioether (sulfide) groups is 1. The van der Waals surface area contributed by atoms with E-state index in [9.17, 15) is 4.79 Å². The van der Waals surface area contributed by atoms with Crippen LogP contribution in [0.4, 0.5) is 0 Å². The van der Waals surface area contributed by atoms with E-state index in [1.54, 1.807) is 24.7 Å². The highest BCUT2D eigenvalue weighted by Crippen LogP contribution is 2.34. The van der Waals surface area contributed by atoms with Crippen LogP contribution in [-0.4, -0.2) is 50.6 Å². The molecule has 1 fully saturated rings. The summed E-state index contributed by atoms with van der Waals surface area (Å²) in [4.78, 5) is 15.2. The lowest BCUT2D eigenvalue weighted by Crippen LogP contribution is -2.28. The van der Waals surface area contributed by atoms with E-state index in [1.807, 2.05) is 12.1 Å². The van der Waals surface area contributed by atoms with Crippen LogP contribution in [0.3, 0.4) is 0 Å². The van der Waals surface area contributed by atoms with Crippen LogP contribution in [0.1, 0.15) is 42.7 Å². The normalized spacial score (nSPS) is 19.5. The summed E-state index contributed by atoms with van der Waals surface area (Å²) in [5.74, 6) is 1.89. The first-order valence-corrected chi connectivity index (χ1v) is 10.9. The minimum absolute atomic E-state index is 0.136. The first kappa shape index (κ1) is 19.1. The Kier molecular flexibility index (Phi) is 5.41. The number of hydrogen-bond donors (Lipinski definition) is 0. The first-order chi connectivity index (χ1) is 14.8. The van der Waals surface area contributed by atoms with E-state index in [4.69, 9.17) is 13.3 Å². The Labute approximate surface area is 177 Å². The average molecular weight is 427 g/mol. The molecule has 0 bridgehead atoms. The van der Waals surface area contributed by atoms with Crippen LogP contribution in [0.2, 0.25) is 0 Å². The predicted molar refractivity (Wildman–Crippen MR) is 108 cm³/mol. The fourth-order valence-corrected chi connectivity index (χ4v) is 4.35. The number of amides is 1. The smallest absolute Gasteiger partial charge is 0.277 e. The second-order valence-corrected chi connectivity index (χ2v) is 8.16. The molecule has 3 aromatic heterocycles. The van der Waals surface area contributed by atoms with E-state index in [2.05, 4.69) is 20.2 Å². The number of nitrogens with zero attached hydrogens (tertiary/aromatic N) is 5. The highest BCUT2D eigenvalue weighted by Gasteiger charge is 2.35. The van der Waals surface area contributed by atoms with Crippen molar-refractivity contribution in [2.75, 3.05) is 18.8 Å². The summed E-state index contributed by atoms with van der Waals surface area (Å²) < 4.78 is 16.7. The highest BCUT2D eigenvalue weighted by molar-refractivity contribution is 7.99. The number of rotatable bonds is 7. The Morgan fingerprint density at radius 1 is 1.13 bits per heavy atom. The maximum atomic E-state index is 13.0.